The van der Waals surface area contributed by atoms with Gasteiger partial charge < -0.3 is 10.2 Å². The van der Waals surface area contributed by atoms with Crippen LogP contribution in [-0.4, -0.2) is 59.2 Å². The zero-order valence-corrected chi connectivity index (χ0v) is 13.0. The molecule has 0 aliphatic carbocycles. The van der Waals surface area contributed by atoms with E-state index < -0.39 is 0 Å². The lowest BCUT2D eigenvalue weighted by atomic mass is 10.2. The van der Waals surface area contributed by atoms with Crippen LogP contribution in [-0.2, 0) is 6.54 Å². The van der Waals surface area contributed by atoms with E-state index in [-0.39, 0.29) is 0 Å². The molecule has 0 bridgehead atoms. The summed E-state index contributed by atoms with van der Waals surface area (Å²) < 4.78 is 4.10. The Labute approximate surface area is 120 Å². The number of aromatic nitrogens is 2. The van der Waals surface area contributed by atoms with Gasteiger partial charge in [0.05, 0.1) is 0 Å². The summed E-state index contributed by atoms with van der Waals surface area (Å²) in [5.41, 5.74) is 1.11. The van der Waals surface area contributed by atoms with E-state index >= 15 is 0 Å². The summed E-state index contributed by atoms with van der Waals surface area (Å²) in [5.74, 6) is 0. The molecule has 0 radical (unpaired) electrons. The number of likely N-dealkylation sites (N-methyl/N-ethyl adjacent to an activating group) is 1. The van der Waals surface area contributed by atoms with Crippen LogP contribution >= 0.6 is 11.5 Å². The molecular weight excluding hydrogens is 258 g/mol. The number of nitrogens with zero attached hydrogens (tertiary/aromatic N) is 4. The number of hydrogen-bond donors (Lipinski definition) is 1. The summed E-state index contributed by atoms with van der Waals surface area (Å²) in [6, 6.07) is 0.663. The normalized spacial score (nSPS) is 20.3. The minimum absolute atomic E-state index is 0.663. The predicted octanol–water partition coefficient (Wildman–Crippen LogP) is 1.89. The van der Waals surface area contributed by atoms with Gasteiger partial charge in [-0.2, -0.15) is 0 Å². The maximum atomic E-state index is 4.30. The van der Waals surface area contributed by atoms with Crippen molar-refractivity contribution < 1.29 is 0 Å². The Morgan fingerprint density at radius 2 is 2.32 bits per heavy atom. The SMILES string of the molecule is CCCNc1snnc1CN1CCCC1CN(C)C. The molecule has 1 aliphatic heterocycles. The quantitative estimate of drug-likeness (QED) is 0.828. The fourth-order valence-electron chi connectivity index (χ4n) is 2.61. The lowest BCUT2D eigenvalue weighted by Crippen LogP contribution is -2.37. The summed E-state index contributed by atoms with van der Waals surface area (Å²) in [6.45, 7) is 6.42. The van der Waals surface area contributed by atoms with Crippen LogP contribution in [0.15, 0.2) is 0 Å². The van der Waals surface area contributed by atoms with Crippen molar-refractivity contribution in [2.24, 2.45) is 0 Å². The molecule has 19 heavy (non-hydrogen) atoms. The van der Waals surface area contributed by atoms with Gasteiger partial charge in [0, 0.05) is 37.2 Å². The molecule has 1 aliphatic rings. The first-order valence-electron chi connectivity index (χ1n) is 7.14. The van der Waals surface area contributed by atoms with Crippen LogP contribution in [0.5, 0.6) is 0 Å². The van der Waals surface area contributed by atoms with Crippen molar-refractivity contribution >= 4 is 16.5 Å². The first-order valence-corrected chi connectivity index (χ1v) is 7.92. The molecule has 0 amide bonds. The van der Waals surface area contributed by atoms with Crippen molar-refractivity contribution in [1.29, 1.82) is 0 Å². The number of anilines is 1. The van der Waals surface area contributed by atoms with E-state index in [0.29, 0.717) is 6.04 Å². The average Bonchev–Trinajstić information content (AvgIpc) is 2.97. The van der Waals surface area contributed by atoms with Crippen molar-refractivity contribution in [2.45, 2.75) is 38.8 Å². The molecule has 5 nitrogen and oxygen atoms in total. The second-order valence-electron chi connectivity index (χ2n) is 5.50. The Morgan fingerprint density at radius 3 is 3.05 bits per heavy atom. The van der Waals surface area contributed by atoms with E-state index in [2.05, 4.69) is 45.7 Å². The van der Waals surface area contributed by atoms with E-state index in [1.165, 1.54) is 30.9 Å². The molecule has 2 heterocycles. The zero-order chi connectivity index (χ0) is 13.7. The summed E-state index contributed by atoms with van der Waals surface area (Å²) in [6.07, 6.45) is 3.73. The third-order valence-corrected chi connectivity index (χ3v) is 4.24. The number of hydrogen-bond acceptors (Lipinski definition) is 6. The molecule has 1 saturated heterocycles. The molecular formula is C13H25N5S. The molecule has 1 atom stereocenters. The number of rotatable bonds is 7. The van der Waals surface area contributed by atoms with Gasteiger partial charge in [-0.25, -0.2) is 0 Å². The average molecular weight is 283 g/mol. The van der Waals surface area contributed by atoms with Gasteiger partial charge in [-0.3, -0.25) is 4.90 Å². The molecule has 6 heteroatoms. The van der Waals surface area contributed by atoms with Crippen LogP contribution in [0.2, 0.25) is 0 Å². The molecule has 1 aromatic heterocycles. The van der Waals surface area contributed by atoms with Crippen LogP contribution in [0.3, 0.4) is 0 Å². The Balaban J connectivity index is 1.94. The zero-order valence-electron chi connectivity index (χ0n) is 12.2. The van der Waals surface area contributed by atoms with Gasteiger partial charge in [0.25, 0.3) is 0 Å². The summed E-state index contributed by atoms with van der Waals surface area (Å²) in [7, 11) is 4.30. The number of likely N-dealkylation sites (tertiary alicyclic amines) is 1. The molecule has 2 rings (SSSR count). The standard InChI is InChI=1S/C13H25N5S/c1-4-7-14-13-12(15-16-19-13)10-18-8-5-6-11(18)9-17(2)3/h11,14H,4-10H2,1-3H3. The van der Waals surface area contributed by atoms with Crippen LogP contribution in [0.1, 0.15) is 31.9 Å². The fourth-order valence-corrected chi connectivity index (χ4v) is 3.21. The second-order valence-corrected chi connectivity index (χ2v) is 6.26. The van der Waals surface area contributed by atoms with E-state index in [9.17, 15) is 0 Å². The minimum atomic E-state index is 0.663. The van der Waals surface area contributed by atoms with Gasteiger partial charge in [-0.05, 0) is 39.9 Å². The molecule has 1 fully saturated rings. The Kier molecular flexibility index (Phi) is 5.54. The van der Waals surface area contributed by atoms with Gasteiger partial charge in [0.1, 0.15) is 10.7 Å². The highest BCUT2D eigenvalue weighted by Gasteiger charge is 2.26. The second kappa shape index (κ2) is 7.17. The molecule has 1 aromatic rings. The maximum Gasteiger partial charge on any atom is 0.134 e. The molecule has 1 N–H and O–H groups in total. The van der Waals surface area contributed by atoms with Crippen LogP contribution in [0, 0.1) is 0 Å². The van der Waals surface area contributed by atoms with E-state index in [0.717, 1.165) is 36.8 Å². The molecule has 0 aromatic carbocycles. The van der Waals surface area contributed by atoms with Gasteiger partial charge in [-0.1, -0.05) is 11.4 Å². The van der Waals surface area contributed by atoms with Crippen LogP contribution in [0.25, 0.3) is 0 Å². The van der Waals surface area contributed by atoms with Gasteiger partial charge in [0.2, 0.25) is 0 Å². The van der Waals surface area contributed by atoms with E-state index in [4.69, 9.17) is 0 Å². The summed E-state index contributed by atoms with van der Waals surface area (Å²) in [4.78, 5) is 4.83. The lowest BCUT2D eigenvalue weighted by Gasteiger charge is -2.26. The van der Waals surface area contributed by atoms with Gasteiger partial charge >= 0.3 is 0 Å². The van der Waals surface area contributed by atoms with Crippen molar-refractivity contribution in [3.05, 3.63) is 5.69 Å². The van der Waals surface area contributed by atoms with Gasteiger partial charge in [0.15, 0.2) is 0 Å². The van der Waals surface area contributed by atoms with Gasteiger partial charge in [-0.15, -0.1) is 5.10 Å². The third-order valence-electron chi connectivity index (χ3n) is 3.52. The molecule has 1 unspecified atom stereocenters. The summed E-state index contributed by atoms with van der Waals surface area (Å²) in [5, 5.41) is 8.88. The minimum Gasteiger partial charge on any atom is -0.374 e. The Hall–Kier alpha value is -0.720. The lowest BCUT2D eigenvalue weighted by molar-refractivity contribution is 0.199. The van der Waals surface area contributed by atoms with Crippen molar-refractivity contribution in [1.82, 2.24) is 19.4 Å². The third kappa shape index (κ3) is 4.12. The van der Waals surface area contributed by atoms with Crippen molar-refractivity contribution in [2.75, 3.05) is 39.0 Å². The molecule has 0 spiro atoms. The first-order chi connectivity index (χ1) is 9.20. The monoisotopic (exact) mass is 283 g/mol. The highest BCUT2D eigenvalue weighted by molar-refractivity contribution is 7.10. The van der Waals surface area contributed by atoms with E-state index in [1.807, 2.05) is 0 Å². The summed E-state index contributed by atoms with van der Waals surface area (Å²) >= 11 is 1.48. The number of nitrogens with one attached hydrogen (secondary N) is 1. The Morgan fingerprint density at radius 1 is 1.47 bits per heavy atom. The predicted molar refractivity (Wildman–Crippen MR) is 80.7 cm³/mol. The largest absolute Gasteiger partial charge is 0.374 e. The highest BCUT2D eigenvalue weighted by Crippen LogP contribution is 2.24. The first kappa shape index (κ1) is 14.7. The van der Waals surface area contributed by atoms with E-state index in [1.54, 1.807) is 0 Å². The fraction of sp³-hybridized carbons (Fsp3) is 0.846. The van der Waals surface area contributed by atoms with Crippen molar-refractivity contribution in [3.8, 4) is 0 Å². The molecule has 0 saturated carbocycles. The van der Waals surface area contributed by atoms with Crippen LogP contribution < -0.4 is 5.32 Å². The van der Waals surface area contributed by atoms with Crippen LogP contribution in [0.4, 0.5) is 5.00 Å². The topological polar surface area (TPSA) is 44.3 Å². The smallest absolute Gasteiger partial charge is 0.134 e. The maximum absolute atomic E-state index is 4.30. The molecule has 108 valence electrons. The Bertz CT molecular complexity index is 379. The highest BCUT2D eigenvalue weighted by atomic mass is 32.1. The van der Waals surface area contributed by atoms with Crippen molar-refractivity contribution in [3.63, 3.8) is 0 Å².